The fourth-order valence-electron chi connectivity index (χ4n) is 4.27. The van der Waals surface area contributed by atoms with Crippen molar-refractivity contribution < 1.29 is 29.6 Å². The number of aliphatic hydroxyl groups is 2. The minimum atomic E-state index is -0.931. The van der Waals surface area contributed by atoms with Crippen molar-refractivity contribution in [1.82, 2.24) is 0 Å². The second-order valence-corrected chi connectivity index (χ2v) is 7.91. The summed E-state index contributed by atoms with van der Waals surface area (Å²) in [7, 11) is 0. The number of fused-ring (bicyclic) bond motifs is 1. The van der Waals surface area contributed by atoms with E-state index in [2.05, 4.69) is 0 Å². The van der Waals surface area contributed by atoms with Gasteiger partial charge in [0, 0.05) is 18.4 Å². The van der Waals surface area contributed by atoms with E-state index < -0.39 is 18.2 Å². The van der Waals surface area contributed by atoms with Gasteiger partial charge in [-0.3, -0.25) is 0 Å². The van der Waals surface area contributed by atoms with Crippen LogP contribution in [0.3, 0.4) is 0 Å². The van der Waals surface area contributed by atoms with E-state index in [0.717, 1.165) is 12.8 Å². The van der Waals surface area contributed by atoms with Crippen LogP contribution in [0.25, 0.3) is 0 Å². The number of hydrogen-bond acceptors (Lipinski definition) is 5. The molecule has 0 amide bonds. The molecule has 1 aromatic rings. The number of hydrogen-bond donors (Lipinski definition) is 3. The third-order valence-corrected chi connectivity index (χ3v) is 5.79. The number of benzene rings is 1. The van der Waals surface area contributed by atoms with Gasteiger partial charge in [-0.15, -0.1) is 0 Å². The average Bonchev–Trinajstić information content (AvgIpc) is 2.87. The molecule has 1 saturated carbocycles. The monoisotopic (exact) mass is 402 g/mol. The molecule has 0 aromatic heterocycles. The summed E-state index contributed by atoms with van der Waals surface area (Å²) in [5.41, 5.74) is 0. The van der Waals surface area contributed by atoms with Gasteiger partial charge in [0.2, 0.25) is 0 Å². The van der Waals surface area contributed by atoms with Gasteiger partial charge in [0.1, 0.15) is 18.5 Å². The van der Waals surface area contributed by atoms with Crippen LogP contribution in [-0.2, 0) is 9.53 Å². The van der Waals surface area contributed by atoms with Crippen LogP contribution in [0, 0.1) is 17.8 Å². The van der Waals surface area contributed by atoms with Crippen molar-refractivity contribution in [3.8, 4) is 5.75 Å². The van der Waals surface area contributed by atoms with Crippen LogP contribution < -0.4 is 4.74 Å². The number of carboxylic acid groups (broad SMARTS) is 1. The number of carbonyl (C=O) groups is 1. The standard InChI is InChI=1S/C23H30O6/c24-17(15-28-18-6-2-1-3-7-18)10-12-19-20-11-9-16(5-4-8-23(26)27)14-29-22(20)13-21(19)25/h1-4,6-8,10,12,16-17,19-22,24-25H,5,9,11,13-15H2,(H,26,27)/t16-,17+,19+,20+,21+,22-/m0/s1. The first-order valence-electron chi connectivity index (χ1n) is 10.3. The molecule has 1 aliphatic carbocycles. The van der Waals surface area contributed by atoms with Gasteiger partial charge in [-0.05, 0) is 43.2 Å². The lowest BCUT2D eigenvalue weighted by Crippen LogP contribution is -2.22. The molecule has 0 unspecified atom stereocenters. The highest BCUT2D eigenvalue weighted by atomic mass is 16.5. The number of rotatable bonds is 8. The molecule has 0 spiro atoms. The zero-order valence-corrected chi connectivity index (χ0v) is 16.5. The number of allylic oxidation sites excluding steroid dienone is 1. The maximum Gasteiger partial charge on any atom is 0.327 e. The van der Waals surface area contributed by atoms with Crippen LogP contribution in [0.2, 0.25) is 0 Å². The summed E-state index contributed by atoms with van der Waals surface area (Å²) in [5, 5.41) is 29.4. The van der Waals surface area contributed by atoms with E-state index in [1.165, 1.54) is 6.08 Å². The Morgan fingerprint density at radius 2 is 2.07 bits per heavy atom. The molecule has 6 heteroatoms. The van der Waals surface area contributed by atoms with Crippen LogP contribution in [0.5, 0.6) is 5.75 Å². The Hall–Kier alpha value is -2.15. The van der Waals surface area contributed by atoms with Crippen molar-refractivity contribution in [2.45, 2.75) is 44.0 Å². The van der Waals surface area contributed by atoms with Gasteiger partial charge in [0.25, 0.3) is 0 Å². The average molecular weight is 402 g/mol. The molecule has 1 saturated heterocycles. The normalized spacial score (nSPS) is 30.9. The summed E-state index contributed by atoms with van der Waals surface area (Å²) in [5.74, 6) is 0.222. The molecule has 0 radical (unpaired) electrons. The van der Waals surface area contributed by atoms with Gasteiger partial charge in [0.15, 0.2) is 0 Å². The Morgan fingerprint density at radius 3 is 2.83 bits per heavy atom. The van der Waals surface area contributed by atoms with Gasteiger partial charge >= 0.3 is 5.97 Å². The summed E-state index contributed by atoms with van der Waals surface area (Å²) in [4.78, 5) is 10.6. The largest absolute Gasteiger partial charge is 0.491 e. The van der Waals surface area contributed by atoms with Crippen LogP contribution in [0.1, 0.15) is 25.7 Å². The molecule has 1 aliphatic heterocycles. The number of para-hydroxylation sites is 1. The van der Waals surface area contributed by atoms with Crippen molar-refractivity contribution >= 4 is 5.97 Å². The molecule has 3 rings (SSSR count). The van der Waals surface area contributed by atoms with E-state index in [1.807, 2.05) is 36.4 Å². The Balaban J connectivity index is 1.51. The van der Waals surface area contributed by atoms with Crippen LogP contribution in [0.4, 0.5) is 0 Å². The third-order valence-electron chi connectivity index (χ3n) is 5.79. The summed E-state index contributed by atoms with van der Waals surface area (Å²) >= 11 is 0. The molecule has 1 heterocycles. The highest BCUT2D eigenvalue weighted by Gasteiger charge is 2.43. The summed E-state index contributed by atoms with van der Waals surface area (Å²) in [6.07, 6.45) is 8.38. The molecule has 3 N–H and O–H groups in total. The Labute approximate surface area is 171 Å². The minimum absolute atomic E-state index is 0.00538. The van der Waals surface area contributed by atoms with Gasteiger partial charge in [-0.2, -0.15) is 0 Å². The molecule has 158 valence electrons. The smallest absolute Gasteiger partial charge is 0.327 e. The van der Waals surface area contributed by atoms with Gasteiger partial charge in [0.05, 0.1) is 18.8 Å². The minimum Gasteiger partial charge on any atom is -0.491 e. The molecule has 2 aliphatic rings. The molecule has 0 bridgehead atoms. The van der Waals surface area contributed by atoms with Gasteiger partial charge < -0.3 is 24.8 Å². The molecule has 6 nitrogen and oxygen atoms in total. The zero-order valence-electron chi connectivity index (χ0n) is 16.5. The van der Waals surface area contributed by atoms with Gasteiger partial charge in [-0.25, -0.2) is 4.79 Å². The van der Waals surface area contributed by atoms with E-state index in [0.29, 0.717) is 31.1 Å². The summed E-state index contributed by atoms with van der Waals surface area (Å²) in [6, 6.07) is 9.34. The van der Waals surface area contributed by atoms with E-state index in [-0.39, 0.29) is 24.5 Å². The van der Waals surface area contributed by atoms with E-state index in [9.17, 15) is 15.0 Å². The Kier molecular flexibility index (Phi) is 7.86. The lowest BCUT2D eigenvalue weighted by molar-refractivity contribution is -0.131. The second-order valence-electron chi connectivity index (χ2n) is 7.91. The highest BCUT2D eigenvalue weighted by Crippen LogP contribution is 2.41. The zero-order chi connectivity index (χ0) is 20.6. The lowest BCUT2D eigenvalue weighted by atomic mass is 9.86. The van der Waals surface area contributed by atoms with Crippen molar-refractivity contribution in [2.75, 3.05) is 13.2 Å². The van der Waals surface area contributed by atoms with Crippen LogP contribution >= 0.6 is 0 Å². The molecular formula is C23H30O6. The molecule has 29 heavy (non-hydrogen) atoms. The first-order chi connectivity index (χ1) is 14.0. The SMILES string of the molecule is O=C(O)C=CC[C@H]1CC[C@@H]2[C@@H](C=C[C@@H](O)COc3ccccc3)[C@H](O)C[C@@H]2OC1. The molecule has 1 aromatic carbocycles. The predicted molar refractivity (Wildman–Crippen MR) is 109 cm³/mol. The first-order valence-corrected chi connectivity index (χ1v) is 10.3. The summed E-state index contributed by atoms with van der Waals surface area (Å²) in [6.45, 7) is 0.744. The number of carboxylic acids is 1. The van der Waals surface area contributed by atoms with Crippen molar-refractivity contribution in [3.05, 3.63) is 54.6 Å². The molecule has 2 fully saturated rings. The Bertz CT molecular complexity index is 701. The van der Waals surface area contributed by atoms with Crippen molar-refractivity contribution in [2.24, 2.45) is 17.8 Å². The number of aliphatic carboxylic acids is 1. The van der Waals surface area contributed by atoms with E-state index in [4.69, 9.17) is 14.6 Å². The fourth-order valence-corrected chi connectivity index (χ4v) is 4.27. The van der Waals surface area contributed by atoms with E-state index in [1.54, 1.807) is 12.2 Å². The topological polar surface area (TPSA) is 96.2 Å². The fraction of sp³-hybridized carbons (Fsp3) is 0.522. The first kappa shape index (κ1) is 21.6. The lowest BCUT2D eigenvalue weighted by Gasteiger charge is -2.21. The van der Waals surface area contributed by atoms with Gasteiger partial charge in [-0.1, -0.05) is 36.4 Å². The molecular weight excluding hydrogens is 372 g/mol. The Morgan fingerprint density at radius 1 is 1.28 bits per heavy atom. The van der Waals surface area contributed by atoms with Crippen molar-refractivity contribution in [3.63, 3.8) is 0 Å². The predicted octanol–water partition coefficient (Wildman–Crippen LogP) is 2.81. The maximum absolute atomic E-state index is 10.6. The molecule has 6 atom stereocenters. The quantitative estimate of drug-likeness (QED) is 0.457. The number of ether oxygens (including phenoxy) is 2. The third kappa shape index (κ3) is 6.42. The second kappa shape index (κ2) is 10.6. The van der Waals surface area contributed by atoms with Crippen molar-refractivity contribution in [1.29, 1.82) is 0 Å². The van der Waals surface area contributed by atoms with E-state index >= 15 is 0 Å². The van der Waals surface area contributed by atoms with Crippen LogP contribution in [-0.4, -0.2) is 52.8 Å². The summed E-state index contributed by atoms with van der Waals surface area (Å²) < 4.78 is 11.6. The number of aliphatic hydroxyl groups excluding tert-OH is 2. The maximum atomic E-state index is 10.6. The van der Waals surface area contributed by atoms with Crippen LogP contribution in [0.15, 0.2) is 54.6 Å². The highest BCUT2D eigenvalue weighted by molar-refractivity contribution is 5.79.